The maximum Gasteiger partial charge on any atom is 0.339 e. The predicted octanol–water partition coefficient (Wildman–Crippen LogP) is 3.58. The van der Waals surface area contributed by atoms with Gasteiger partial charge in [0.25, 0.3) is 0 Å². The minimum Gasteiger partial charge on any atom is -0.465 e. The molecule has 0 spiro atoms. The van der Waals surface area contributed by atoms with Gasteiger partial charge in [0.15, 0.2) is 0 Å². The van der Waals surface area contributed by atoms with E-state index in [0.717, 1.165) is 22.5 Å². The van der Waals surface area contributed by atoms with E-state index in [-0.39, 0.29) is 17.0 Å². The minimum absolute atomic E-state index is 0.0157. The number of carbonyl (C=O) groups is 1. The number of methoxy groups -OCH3 is 1. The van der Waals surface area contributed by atoms with Gasteiger partial charge in [-0.3, -0.25) is 4.68 Å². The van der Waals surface area contributed by atoms with Crippen molar-refractivity contribution in [1.82, 2.24) is 14.5 Å². The van der Waals surface area contributed by atoms with Crippen molar-refractivity contribution in [2.45, 2.75) is 31.8 Å². The lowest BCUT2D eigenvalue weighted by Gasteiger charge is -2.10. The number of sulfonamides is 1. The van der Waals surface area contributed by atoms with Crippen molar-refractivity contribution in [3.63, 3.8) is 0 Å². The molecule has 0 radical (unpaired) electrons. The number of esters is 1. The molecule has 158 valence electrons. The van der Waals surface area contributed by atoms with E-state index in [9.17, 15) is 13.2 Å². The lowest BCUT2D eigenvalue weighted by Crippen LogP contribution is -2.24. The van der Waals surface area contributed by atoms with Crippen molar-refractivity contribution in [3.05, 3.63) is 81.1 Å². The lowest BCUT2D eigenvalue weighted by atomic mass is 10.2. The average molecular weight is 492 g/mol. The Kier molecular flexibility index (Phi) is 6.74. The van der Waals surface area contributed by atoms with Crippen LogP contribution in [0, 0.1) is 13.8 Å². The Bertz CT molecular complexity index is 1170. The molecule has 0 unspecified atom stereocenters. The molecule has 1 heterocycles. The number of rotatable bonds is 7. The summed E-state index contributed by atoms with van der Waals surface area (Å²) in [7, 11) is -2.60. The molecule has 0 amide bonds. The number of aromatic nitrogens is 2. The van der Waals surface area contributed by atoms with E-state index < -0.39 is 16.0 Å². The summed E-state index contributed by atoms with van der Waals surface area (Å²) in [6.07, 6.45) is 0. The summed E-state index contributed by atoms with van der Waals surface area (Å²) in [5.41, 5.74) is 3.73. The Hall–Kier alpha value is -2.49. The van der Waals surface area contributed by atoms with Gasteiger partial charge in [0.1, 0.15) is 0 Å². The third-order valence-corrected chi connectivity index (χ3v) is 6.89. The van der Waals surface area contributed by atoms with Gasteiger partial charge in [0.2, 0.25) is 10.0 Å². The summed E-state index contributed by atoms with van der Waals surface area (Å²) < 4.78 is 35.2. The topological polar surface area (TPSA) is 90.3 Å². The highest BCUT2D eigenvalue weighted by atomic mass is 79.9. The Morgan fingerprint density at radius 3 is 2.53 bits per heavy atom. The number of benzene rings is 2. The number of nitrogens with zero attached hydrogens (tertiary/aromatic N) is 2. The number of hydrogen-bond donors (Lipinski definition) is 1. The number of nitrogens with one attached hydrogen (secondary N) is 1. The van der Waals surface area contributed by atoms with Crippen LogP contribution < -0.4 is 4.72 Å². The van der Waals surface area contributed by atoms with Crippen molar-refractivity contribution >= 4 is 31.9 Å². The largest absolute Gasteiger partial charge is 0.465 e. The minimum atomic E-state index is -3.84. The van der Waals surface area contributed by atoms with E-state index in [1.165, 1.54) is 25.3 Å². The Morgan fingerprint density at radius 2 is 1.87 bits per heavy atom. The zero-order chi connectivity index (χ0) is 21.9. The monoisotopic (exact) mass is 491 g/mol. The normalized spacial score (nSPS) is 11.5. The third-order valence-electron chi connectivity index (χ3n) is 4.80. The number of aryl methyl sites for hydroxylation is 1. The number of carbonyl (C=O) groups excluding carboxylic acids is 1. The van der Waals surface area contributed by atoms with Crippen LogP contribution in [0.25, 0.3) is 0 Å². The van der Waals surface area contributed by atoms with Gasteiger partial charge in [-0.2, -0.15) is 5.10 Å². The molecule has 3 aromatic rings. The van der Waals surface area contributed by atoms with Crippen molar-refractivity contribution in [2.24, 2.45) is 0 Å². The Labute approximate surface area is 184 Å². The Balaban J connectivity index is 1.80. The van der Waals surface area contributed by atoms with Crippen molar-refractivity contribution in [2.75, 3.05) is 7.11 Å². The van der Waals surface area contributed by atoms with Crippen molar-refractivity contribution in [1.29, 1.82) is 0 Å². The van der Waals surface area contributed by atoms with Crippen LogP contribution in [0.4, 0.5) is 0 Å². The highest BCUT2D eigenvalue weighted by Gasteiger charge is 2.20. The number of halogens is 1. The van der Waals surface area contributed by atoms with E-state index in [0.29, 0.717) is 11.0 Å². The highest BCUT2D eigenvalue weighted by molar-refractivity contribution is 9.10. The van der Waals surface area contributed by atoms with Gasteiger partial charge >= 0.3 is 5.97 Å². The first-order valence-electron chi connectivity index (χ1n) is 9.17. The number of ether oxygens (including phenoxy) is 1. The molecule has 0 atom stereocenters. The summed E-state index contributed by atoms with van der Waals surface area (Å²) in [4.78, 5) is 11.8. The van der Waals surface area contributed by atoms with Gasteiger partial charge in [0.05, 0.1) is 29.8 Å². The predicted molar refractivity (Wildman–Crippen MR) is 117 cm³/mol. The van der Waals surface area contributed by atoms with Gasteiger partial charge in [-0.05, 0) is 53.5 Å². The molecule has 0 bridgehead atoms. The van der Waals surface area contributed by atoms with Crippen molar-refractivity contribution in [3.8, 4) is 0 Å². The SMILES string of the molecule is COC(=O)c1cc(S(=O)(=O)NCc2c(C)nn(Cc3ccccc3)c2C)ccc1Br. The van der Waals surface area contributed by atoms with Crippen molar-refractivity contribution < 1.29 is 17.9 Å². The first-order valence-corrected chi connectivity index (χ1v) is 11.4. The molecule has 7 nitrogen and oxygen atoms in total. The second-order valence-corrected chi connectivity index (χ2v) is 9.37. The maximum atomic E-state index is 12.8. The summed E-state index contributed by atoms with van der Waals surface area (Å²) in [5, 5.41) is 4.55. The molecule has 0 saturated heterocycles. The molecule has 0 aliphatic heterocycles. The highest BCUT2D eigenvalue weighted by Crippen LogP contribution is 2.22. The van der Waals surface area contributed by atoms with Gasteiger partial charge in [-0.15, -0.1) is 0 Å². The zero-order valence-corrected chi connectivity index (χ0v) is 19.2. The van der Waals surface area contributed by atoms with Gasteiger partial charge in [0, 0.05) is 22.3 Å². The molecule has 9 heteroatoms. The summed E-state index contributed by atoms with van der Waals surface area (Å²) in [6, 6.07) is 14.2. The molecule has 3 rings (SSSR count). The fourth-order valence-electron chi connectivity index (χ4n) is 3.09. The van der Waals surface area contributed by atoms with Gasteiger partial charge < -0.3 is 4.74 Å². The molecular weight excluding hydrogens is 470 g/mol. The van der Waals surface area contributed by atoms with Gasteiger partial charge in [-0.1, -0.05) is 30.3 Å². The molecule has 0 saturated carbocycles. The average Bonchev–Trinajstić information content (AvgIpc) is 2.99. The lowest BCUT2D eigenvalue weighted by molar-refractivity contribution is 0.0599. The van der Waals surface area contributed by atoms with E-state index in [1.54, 1.807) is 0 Å². The summed E-state index contributed by atoms with van der Waals surface area (Å²) >= 11 is 3.24. The standard InChI is InChI=1S/C21H22BrN3O4S/c1-14-19(15(2)25(24-14)13-16-7-5-4-6-8-16)12-23-30(27,28)17-9-10-20(22)18(11-17)21(26)29-3/h4-11,23H,12-13H2,1-3H3. The molecule has 0 aliphatic rings. The number of hydrogen-bond acceptors (Lipinski definition) is 5. The molecule has 0 fully saturated rings. The summed E-state index contributed by atoms with van der Waals surface area (Å²) in [6.45, 7) is 4.47. The fourth-order valence-corrected chi connectivity index (χ4v) is 4.52. The van der Waals surface area contributed by atoms with Crippen LogP contribution in [-0.2, 0) is 27.8 Å². The van der Waals surface area contributed by atoms with Crippen LogP contribution in [0.3, 0.4) is 0 Å². The molecule has 30 heavy (non-hydrogen) atoms. The Morgan fingerprint density at radius 1 is 1.17 bits per heavy atom. The van der Waals surface area contributed by atoms with Crippen LogP contribution in [0.1, 0.15) is 32.9 Å². The van der Waals surface area contributed by atoms with E-state index in [1.807, 2.05) is 48.9 Å². The van der Waals surface area contributed by atoms with E-state index >= 15 is 0 Å². The fraction of sp³-hybridized carbons (Fsp3) is 0.238. The second kappa shape index (κ2) is 9.11. The van der Waals surface area contributed by atoms with E-state index in [4.69, 9.17) is 4.74 Å². The van der Waals surface area contributed by atoms with Crippen LogP contribution in [-0.4, -0.2) is 31.3 Å². The quantitative estimate of drug-likeness (QED) is 0.510. The smallest absolute Gasteiger partial charge is 0.339 e. The maximum absolute atomic E-state index is 12.8. The second-order valence-electron chi connectivity index (χ2n) is 6.75. The summed E-state index contributed by atoms with van der Waals surface area (Å²) in [5.74, 6) is -0.618. The molecule has 2 aromatic carbocycles. The van der Waals surface area contributed by atoms with E-state index in [2.05, 4.69) is 25.8 Å². The molecule has 0 aliphatic carbocycles. The first kappa shape index (κ1) is 22.2. The van der Waals surface area contributed by atoms with Crippen LogP contribution in [0.15, 0.2) is 57.9 Å². The molecular formula is C21H22BrN3O4S. The van der Waals surface area contributed by atoms with Gasteiger partial charge in [-0.25, -0.2) is 17.9 Å². The molecule has 1 aromatic heterocycles. The van der Waals surface area contributed by atoms with Crippen LogP contribution in [0.5, 0.6) is 0 Å². The third kappa shape index (κ3) is 4.80. The first-order chi connectivity index (χ1) is 14.2. The zero-order valence-electron chi connectivity index (χ0n) is 16.8. The van der Waals surface area contributed by atoms with Crippen LogP contribution in [0.2, 0.25) is 0 Å². The van der Waals surface area contributed by atoms with Crippen LogP contribution >= 0.6 is 15.9 Å². The molecule has 1 N–H and O–H groups in total.